The van der Waals surface area contributed by atoms with Crippen molar-refractivity contribution in [3.8, 4) is 6.07 Å². The fraction of sp³-hybridized carbons (Fsp3) is 0.200. The second-order valence-electron chi connectivity index (χ2n) is 6.34. The molecule has 0 atom stereocenters. The third-order valence-corrected chi connectivity index (χ3v) is 5.95. The van der Waals surface area contributed by atoms with Crippen molar-refractivity contribution in [1.29, 1.82) is 5.26 Å². The summed E-state index contributed by atoms with van der Waals surface area (Å²) in [6.45, 7) is 0.0682. The Kier molecular flexibility index (Phi) is 6.02. The Labute approximate surface area is 169 Å². The number of nitriles is 1. The number of halogens is 1. The molecule has 1 aliphatic rings. The molecule has 0 heterocycles. The lowest BCUT2D eigenvalue weighted by Gasteiger charge is -2.16. The van der Waals surface area contributed by atoms with Crippen LogP contribution in [0.2, 0.25) is 5.02 Å². The topological polar surface area (TPSA) is 90.3 Å². The number of nitrogens with one attached hydrogen (secondary N) is 1. The maximum absolute atomic E-state index is 12.5. The number of hydrogen-bond donors (Lipinski definition) is 1. The third-order valence-electron chi connectivity index (χ3n) is 4.24. The summed E-state index contributed by atoms with van der Waals surface area (Å²) in [6, 6.07) is 14.9. The minimum Gasteiger partial charge on any atom is -0.323 e. The van der Waals surface area contributed by atoms with Crippen LogP contribution in [0.1, 0.15) is 18.4 Å². The predicted octanol–water partition coefficient (Wildman–Crippen LogP) is 3.67. The van der Waals surface area contributed by atoms with Gasteiger partial charge in [0.2, 0.25) is 5.91 Å². The standard InChI is InChI=1S/C20H18ClN3O3S/c21-18-3-1-2-4-19(18)23-28(26,27)17-10-5-15(6-11-17)7-12-20(25)24(14-13-22)16-8-9-16/h1-7,10-12,16,23H,8-9,14H2/b12-7+. The van der Waals surface area contributed by atoms with Gasteiger partial charge in [0.1, 0.15) is 6.54 Å². The van der Waals surface area contributed by atoms with Crippen LogP contribution in [-0.4, -0.2) is 31.8 Å². The molecule has 3 rings (SSSR count). The summed E-state index contributed by atoms with van der Waals surface area (Å²) >= 11 is 6.00. The molecule has 2 aromatic rings. The molecule has 1 saturated carbocycles. The molecule has 0 aromatic heterocycles. The van der Waals surface area contributed by atoms with Crippen LogP contribution >= 0.6 is 11.6 Å². The molecule has 28 heavy (non-hydrogen) atoms. The van der Waals surface area contributed by atoms with E-state index in [0.29, 0.717) is 16.3 Å². The van der Waals surface area contributed by atoms with Crippen LogP contribution in [-0.2, 0) is 14.8 Å². The number of hydrogen-bond acceptors (Lipinski definition) is 4. The van der Waals surface area contributed by atoms with E-state index in [1.807, 2.05) is 6.07 Å². The number of benzene rings is 2. The van der Waals surface area contributed by atoms with Crippen molar-refractivity contribution in [2.45, 2.75) is 23.8 Å². The first-order valence-corrected chi connectivity index (χ1v) is 10.5. The van der Waals surface area contributed by atoms with Crippen LogP contribution in [0.5, 0.6) is 0 Å². The Balaban J connectivity index is 1.70. The summed E-state index contributed by atoms with van der Waals surface area (Å²) in [4.78, 5) is 13.8. The van der Waals surface area contributed by atoms with Gasteiger partial charge in [-0.2, -0.15) is 5.26 Å². The number of rotatable bonds is 7. The number of nitrogens with zero attached hydrogens (tertiary/aromatic N) is 2. The maximum atomic E-state index is 12.5. The molecule has 0 radical (unpaired) electrons. The summed E-state index contributed by atoms with van der Waals surface area (Å²) in [5, 5.41) is 9.15. The Hall–Kier alpha value is -2.82. The van der Waals surface area contributed by atoms with Gasteiger partial charge in [-0.25, -0.2) is 8.42 Å². The van der Waals surface area contributed by atoms with Gasteiger partial charge in [0.05, 0.1) is 21.7 Å². The lowest BCUT2D eigenvalue weighted by atomic mass is 10.2. The van der Waals surface area contributed by atoms with Crippen molar-refractivity contribution in [1.82, 2.24) is 4.90 Å². The number of para-hydroxylation sites is 1. The first kappa shape index (κ1) is 19.9. The molecular weight excluding hydrogens is 398 g/mol. The van der Waals surface area contributed by atoms with Gasteiger partial charge in [0, 0.05) is 12.1 Å². The summed E-state index contributed by atoms with van der Waals surface area (Å²) in [5.41, 5.74) is 0.981. The van der Waals surface area contributed by atoms with Crippen LogP contribution in [0.25, 0.3) is 6.08 Å². The van der Waals surface area contributed by atoms with Gasteiger partial charge in [0.25, 0.3) is 10.0 Å². The minimum absolute atomic E-state index is 0.0682. The Morgan fingerprint density at radius 1 is 1.21 bits per heavy atom. The van der Waals surface area contributed by atoms with Crippen molar-refractivity contribution in [3.63, 3.8) is 0 Å². The Morgan fingerprint density at radius 2 is 1.89 bits per heavy atom. The number of sulfonamides is 1. The first-order valence-electron chi connectivity index (χ1n) is 8.64. The third kappa shape index (κ3) is 4.91. The van der Waals surface area contributed by atoms with Gasteiger partial charge in [-0.15, -0.1) is 0 Å². The van der Waals surface area contributed by atoms with Crippen LogP contribution in [0, 0.1) is 11.3 Å². The Bertz CT molecular complexity index is 1040. The zero-order valence-corrected chi connectivity index (χ0v) is 16.4. The normalized spacial score (nSPS) is 13.9. The molecule has 144 valence electrons. The van der Waals surface area contributed by atoms with E-state index in [1.54, 1.807) is 47.4 Å². The summed E-state index contributed by atoms with van der Waals surface area (Å²) < 4.78 is 27.4. The number of anilines is 1. The Morgan fingerprint density at radius 3 is 2.50 bits per heavy atom. The molecular formula is C20H18ClN3O3S. The van der Waals surface area contributed by atoms with Crippen molar-refractivity contribution < 1.29 is 13.2 Å². The SMILES string of the molecule is N#CCN(C(=O)/C=C/c1ccc(S(=O)(=O)Nc2ccccc2Cl)cc1)C1CC1. The molecule has 1 aliphatic carbocycles. The van der Waals surface area contributed by atoms with Gasteiger partial charge in [-0.3, -0.25) is 9.52 Å². The average molecular weight is 416 g/mol. The van der Waals surface area contributed by atoms with E-state index in [1.165, 1.54) is 18.2 Å². The molecule has 0 saturated heterocycles. The number of amides is 1. The van der Waals surface area contributed by atoms with Crippen LogP contribution in [0.15, 0.2) is 59.5 Å². The van der Waals surface area contributed by atoms with Gasteiger partial charge >= 0.3 is 0 Å². The second-order valence-corrected chi connectivity index (χ2v) is 8.43. The molecule has 0 unspecified atom stereocenters. The fourth-order valence-electron chi connectivity index (χ4n) is 2.62. The minimum atomic E-state index is -3.78. The van der Waals surface area contributed by atoms with Gasteiger partial charge in [0.15, 0.2) is 0 Å². The monoisotopic (exact) mass is 415 g/mol. The fourth-order valence-corrected chi connectivity index (χ4v) is 3.94. The van der Waals surface area contributed by atoms with Crippen LogP contribution < -0.4 is 4.72 Å². The summed E-state index contributed by atoms with van der Waals surface area (Å²) in [6.07, 6.45) is 4.85. The highest BCUT2D eigenvalue weighted by molar-refractivity contribution is 7.92. The predicted molar refractivity (Wildman–Crippen MR) is 108 cm³/mol. The van der Waals surface area contributed by atoms with E-state index in [0.717, 1.165) is 12.8 Å². The maximum Gasteiger partial charge on any atom is 0.261 e. The lowest BCUT2D eigenvalue weighted by molar-refractivity contribution is -0.125. The number of carbonyl (C=O) groups excluding carboxylic acids is 1. The van der Waals surface area contributed by atoms with Gasteiger partial charge in [-0.05, 0) is 48.7 Å². The molecule has 1 N–H and O–H groups in total. The van der Waals surface area contributed by atoms with Gasteiger partial charge < -0.3 is 4.90 Å². The van der Waals surface area contributed by atoms with Crippen molar-refractivity contribution in [2.75, 3.05) is 11.3 Å². The molecule has 8 heteroatoms. The molecule has 6 nitrogen and oxygen atoms in total. The number of carbonyl (C=O) groups is 1. The molecule has 0 spiro atoms. The van der Waals surface area contributed by atoms with Crippen LogP contribution in [0.4, 0.5) is 5.69 Å². The summed E-state index contributed by atoms with van der Waals surface area (Å²) in [5.74, 6) is -0.221. The van der Waals surface area contributed by atoms with E-state index in [2.05, 4.69) is 4.72 Å². The highest BCUT2D eigenvalue weighted by atomic mass is 35.5. The van der Waals surface area contributed by atoms with E-state index in [-0.39, 0.29) is 23.4 Å². The highest BCUT2D eigenvalue weighted by Crippen LogP contribution is 2.27. The van der Waals surface area contributed by atoms with E-state index in [4.69, 9.17) is 16.9 Å². The van der Waals surface area contributed by atoms with E-state index >= 15 is 0 Å². The average Bonchev–Trinajstić information content (AvgIpc) is 3.51. The smallest absolute Gasteiger partial charge is 0.261 e. The second kappa shape index (κ2) is 8.46. The van der Waals surface area contributed by atoms with E-state index < -0.39 is 10.0 Å². The molecule has 1 amide bonds. The molecule has 0 aliphatic heterocycles. The van der Waals surface area contributed by atoms with Gasteiger partial charge in [-0.1, -0.05) is 35.9 Å². The highest BCUT2D eigenvalue weighted by Gasteiger charge is 2.31. The van der Waals surface area contributed by atoms with E-state index in [9.17, 15) is 13.2 Å². The lowest BCUT2D eigenvalue weighted by Crippen LogP contribution is -2.31. The van der Waals surface area contributed by atoms with Crippen molar-refractivity contribution >= 4 is 39.3 Å². The van der Waals surface area contributed by atoms with Crippen molar-refractivity contribution in [2.24, 2.45) is 0 Å². The summed E-state index contributed by atoms with van der Waals surface area (Å²) in [7, 11) is -3.78. The zero-order chi connectivity index (χ0) is 20.1. The first-order chi connectivity index (χ1) is 13.4. The quantitative estimate of drug-likeness (QED) is 0.551. The van der Waals surface area contributed by atoms with Crippen LogP contribution in [0.3, 0.4) is 0 Å². The largest absolute Gasteiger partial charge is 0.323 e. The molecule has 0 bridgehead atoms. The van der Waals surface area contributed by atoms with Crippen molar-refractivity contribution in [3.05, 3.63) is 65.2 Å². The zero-order valence-electron chi connectivity index (χ0n) is 14.9. The molecule has 1 fully saturated rings. The molecule has 2 aromatic carbocycles.